The summed E-state index contributed by atoms with van der Waals surface area (Å²) in [6.45, 7) is -0.435. The number of hydrogen-bond acceptors (Lipinski definition) is 3. The zero-order valence-corrected chi connectivity index (χ0v) is 5.81. The number of rotatable bonds is 3. The van der Waals surface area contributed by atoms with Gasteiger partial charge < -0.3 is 4.52 Å². The van der Waals surface area contributed by atoms with Gasteiger partial charge in [0.05, 0.1) is 0 Å². The predicted octanol–water partition coefficient (Wildman–Crippen LogP) is 1.32. The van der Waals surface area contributed by atoms with Crippen molar-refractivity contribution in [1.82, 2.24) is 0 Å². The fourth-order valence-corrected chi connectivity index (χ4v) is 0.611. The van der Waals surface area contributed by atoms with Crippen molar-refractivity contribution in [3.63, 3.8) is 0 Å². The number of hydrogen-bond donors (Lipinski definition) is 0. The second kappa shape index (κ2) is 3.95. The molecule has 0 aromatic rings. The summed E-state index contributed by atoms with van der Waals surface area (Å²) < 4.78 is 29.9. The molecule has 10 heavy (non-hydrogen) atoms. The van der Waals surface area contributed by atoms with E-state index < -0.39 is 14.5 Å². The van der Waals surface area contributed by atoms with Crippen molar-refractivity contribution in [2.24, 2.45) is 0 Å². The third-order valence-electron chi connectivity index (χ3n) is 0.464. The molecule has 0 fully saturated rings. The lowest BCUT2D eigenvalue weighted by molar-refractivity contribution is 0.249. The highest BCUT2D eigenvalue weighted by atomic mass is 31.2. The highest BCUT2D eigenvalue weighted by Crippen LogP contribution is 2.49. The SMILES string of the molecule is C#CCOP(=O)(F)OC#C. The number of terminal acetylenes is 2. The minimum absolute atomic E-state index is 0.435. The fraction of sp³-hybridized carbons (Fsp3) is 0.200. The molecule has 0 aromatic carbocycles. The molecule has 1 atom stereocenters. The molecule has 5 heteroatoms. The summed E-state index contributed by atoms with van der Waals surface area (Å²) in [5.74, 6) is 1.90. The van der Waals surface area contributed by atoms with Crippen LogP contribution in [0, 0.1) is 24.9 Å². The Morgan fingerprint density at radius 2 is 2.20 bits per heavy atom. The molecule has 0 aliphatic rings. The Morgan fingerprint density at radius 1 is 1.60 bits per heavy atom. The van der Waals surface area contributed by atoms with Gasteiger partial charge in [0.2, 0.25) is 0 Å². The van der Waals surface area contributed by atoms with Crippen LogP contribution in [0.5, 0.6) is 0 Å². The van der Waals surface area contributed by atoms with Crippen molar-refractivity contribution in [3.05, 3.63) is 0 Å². The van der Waals surface area contributed by atoms with E-state index in [1.807, 2.05) is 5.92 Å². The molecule has 0 saturated heterocycles. The normalized spacial score (nSPS) is 14.3. The Kier molecular flexibility index (Phi) is 3.57. The molecule has 0 spiro atoms. The van der Waals surface area contributed by atoms with Gasteiger partial charge in [-0.05, 0) is 0 Å². The van der Waals surface area contributed by atoms with Crippen LogP contribution in [0.15, 0.2) is 0 Å². The highest BCUT2D eigenvalue weighted by molar-refractivity contribution is 7.48. The smallest absolute Gasteiger partial charge is 0.347 e. The monoisotopic (exact) mass is 162 g/mol. The summed E-state index contributed by atoms with van der Waals surface area (Å²) in [6, 6.07) is 0. The van der Waals surface area contributed by atoms with Gasteiger partial charge in [-0.25, -0.2) is 4.57 Å². The zero-order chi connectivity index (χ0) is 8.04. The average Bonchev–Trinajstić information content (AvgIpc) is 1.84. The lowest BCUT2D eigenvalue weighted by Gasteiger charge is -2.01. The maximum absolute atomic E-state index is 12.2. The van der Waals surface area contributed by atoms with Crippen molar-refractivity contribution in [2.45, 2.75) is 0 Å². The summed E-state index contributed by atoms with van der Waals surface area (Å²) in [5.41, 5.74) is 0. The first-order valence-electron chi connectivity index (χ1n) is 2.14. The molecular formula is C5H4FO3P. The van der Waals surface area contributed by atoms with Crippen molar-refractivity contribution in [3.8, 4) is 24.9 Å². The molecule has 1 unspecified atom stereocenters. The van der Waals surface area contributed by atoms with E-state index in [0.717, 1.165) is 0 Å². The van der Waals surface area contributed by atoms with Gasteiger partial charge in [0.15, 0.2) is 0 Å². The van der Waals surface area contributed by atoms with Crippen LogP contribution in [0.4, 0.5) is 4.20 Å². The summed E-state index contributed by atoms with van der Waals surface area (Å²) in [4.78, 5) is 0. The summed E-state index contributed by atoms with van der Waals surface area (Å²) in [6.07, 6.45) is 10.5. The van der Waals surface area contributed by atoms with Crippen LogP contribution in [0.1, 0.15) is 0 Å². The zero-order valence-electron chi connectivity index (χ0n) is 4.91. The molecule has 0 heterocycles. The molecule has 0 radical (unpaired) electrons. The third-order valence-corrected chi connectivity index (χ3v) is 1.22. The van der Waals surface area contributed by atoms with E-state index in [2.05, 4.69) is 21.9 Å². The molecule has 0 aliphatic heterocycles. The first kappa shape index (κ1) is 9.04. The summed E-state index contributed by atoms with van der Waals surface area (Å²) in [7, 11) is -4.59. The van der Waals surface area contributed by atoms with Crippen molar-refractivity contribution in [1.29, 1.82) is 0 Å². The van der Waals surface area contributed by atoms with Crippen LogP contribution in [0.3, 0.4) is 0 Å². The lowest BCUT2D eigenvalue weighted by Crippen LogP contribution is -1.86. The van der Waals surface area contributed by atoms with Gasteiger partial charge in [0, 0.05) is 0 Å². The van der Waals surface area contributed by atoms with Crippen LogP contribution in [0.2, 0.25) is 0 Å². The molecule has 0 saturated carbocycles. The lowest BCUT2D eigenvalue weighted by atomic mass is 10.8. The first-order valence-corrected chi connectivity index (χ1v) is 3.57. The molecule has 0 bridgehead atoms. The molecule has 3 nitrogen and oxygen atoms in total. The van der Waals surface area contributed by atoms with Gasteiger partial charge in [0.1, 0.15) is 12.7 Å². The molecule has 0 aromatic heterocycles. The average molecular weight is 162 g/mol. The van der Waals surface area contributed by atoms with Crippen molar-refractivity contribution >= 4 is 7.91 Å². The van der Waals surface area contributed by atoms with Crippen LogP contribution in [-0.2, 0) is 13.6 Å². The Hall–Kier alpha value is -0.960. The molecular weight excluding hydrogens is 158 g/mol. The van der Waals surface area contributed by atoms with Gasteiger partial charge in [-0.2, -0.15) is 0 Å². The third kappa shape index (κ3) is 3.97. The minimum atomic E-state index is -4.59. The standard InChI is InChI=1S/C5H4FO3P/c1-3-5-9-10(6,7)8-4-2/h1-2H,5H2. The largest absolute Gasteiger partial charge is 0.579 e. The fourth-order valence-electron chi connectivity index (χ4n) is 0.204. The topological polar surface area (TPSA) is 35.5 Å². The second-order valence-corrected chi connectivity index (χ2v) is 2.42. The van der Waals surface area contributed by atoms with E-state index in [0.29, 0.717) is 0 Å². The van der Waals surface area contributed by atoms with Crippen molar-refractivity contribution in [2.75, 3.05) is 6.61 Å². The molecule has 54 valence electrons. The van der Waals surface area contributed by atoms with E-state index in [4.69, 9.17) is 0 Å². The van der Waals surface area contributed by atoms with E-state index in [1.54, 1.807) is 0 Å². The molecule has 0 aliphatic carbocycles. The first-order chi connectivity index (χ1) is 4.62. The molecule has 0 N–H and O–H groups in total. The number of halogens is 1. The van der Waals surface area contributed by atoms with E-state index >= 15 is 0 Å². The van der Waals surface area contributed by atoms with E-state index in [9.17, 15) is 8.76 Å². The summed E-state index contributed by atoms with van der Waals surface area (Å²) in [5, 5.41) is 0. The van der Waals surface area contributed by atoms with Gasteiger partial charge in [-0.15, -0.1) is 10.6 Å². The van der Waals surface area contributed by atoms with Gasteiger partial charge >= 0.3 is 7.91 Å². The predicted molar refractivity (Wildman–Crippen MR) is 33.4 cm³/mol. The van der Waals surface area contributed by atoms with Crippen LogP contribution < -0.4 is 0 Å². The Labute approximate surface area is 58.2 Å². The van der Waals surface area contributed by atoms with Gasteiger partial charge in [0.25, 0.3) is 0 Å². The minimum Gasteiger partial charge on any atom is -0.347 e. The van der Waals surface area contributed by atoms with Gasteiger partial charge in [-0.1, -0.05) is 12.3 Å². The quantitative estimate of drug-likeness (QED) is 0.463. The second-order valence-electron chi connectivity index (χ2n) is 1.12. The van der Waals surface area contributed by atoms with Crippen molar-refractivity contribution < 1.29 is 17.8 Å². The Morgan fingerprint density at radius 3 is 2.60 bits per heavy atom. The van der Waals surface area contributed by atoms with E-state index in [-0.39, 0.29) is 0 Å². The highest BCUT2D eigenvalue weighted by Gasteiger charge is 2.23. The Balaban J connectivity index is 3.81. The molecule has 0 amide bonds. The molecule has 0 rings (SSSR count). The van der Waals surface area contributed by atoms with Crippen LogP contribution >= 0.6 is 7.91 Å². The maximum atomic E-state index is 12.2. The van der Waals surface area contributed by atoms with Crippen LogP contribution in [-0.4, -0.2) is 6.61 Å². The van der Waals surface area contributed by atoms with Gasteiger partial charge in [-0.3, -0.25) is 4.52 Å². The summed E-state index contributed by atoms with van der Waals surface area (Å²) >= 11 is 0. The maximum Gasteiger partial charge on any atom is 0.579 e. The van der Waals surface area contributed by atoms with Crippen LogP contribution in [0.25, 0.3) is 0 Å². The van der Waals surface area contributed by atoms with E-state index in [1.165, 1.54) is 6.11 Å². The Bertz CT molecular complexity index is 224.